The standard InChI is InChI=1S/C7H16O2S/c1-4-5-6-10(8)9-7(2)3/h7H,4-6H2,1-3H3/t10-/m1/s1. The summed E-state index contributed by atoms with van der Waals surface area (Å²) in [6.07, 6.45) is 2.14. The Balaban J connectivity index is 3.26. The van der Waals surface area contributed by atoms with Gasteiger partial charge in [0, 0.05) is 5.75 Å². The van der Waals surface area contributed by atoms with Crippen molar-refractivity contribution in [3.05, 3.63) is 0 Å². The number of unbranched alkanes of at least 4 members (excludes halogenated alkanes) is 1. The van der Waals surface area contributed by atoms with Crippen molar-refractivity contribution < 1.29 is 8.39 Å². The molecular weight excluding hydrogens is 148 g/mol. The van der Waals surface area contributed by atoms with Crippen LogP contribution < -0.4 is 0 Å². The predicted molar refractivity (Wildman–Crippen MR) is 44.1 cm³/mol. The molecule has 10 heavy (non-hydrogen) atoms. The van der Waals surface area contributed by atoms with E-state index in [1.165, 1.54) is 0 Å². The summed E-state index contributed by atoms with van der Waals surface area (Å²) < 4.78 is 15.9. The van der Waals surface area contributed by atoms with Gasteiger partial charge in [-0.15, -0.1) is 0 Å². The third-order valence-electron chi connectivity index (χ3n) is 0.964. The number of rotatable bonds is 5. The summed E-state index contributed by atoms with van der Waals surface area (Å²) in [7, 11) is 0. The molecule has 0 fully saturated rings. The minimum Gasteiger partial charge on any atom is -0.288 e. The van der Waals surface area contributed by atoms with E-state index >= 15 is 0 Å². The third kappa shape index (κ3) is 6.23. The van der Waals surface area contributed by atoms with Crippen LogP contribution in [0.25, 0.3) is 0 Å². The molecule has 0 bridgehead atoms. The van der Waals surface area contributed by atoms with E-state index in [1.807, 2.05) is 13.8 Å². The van der Waals surface area contributed by atoms with Gasteiger partial charge in [-0.2, -0.15) is 0 Å². The molecule has 0 N–H and O–H groups in total. The average molecular weight is 164 g/mol. The van der Waals surface area contributed by atoms with Crippen LogP contribution in [-0.2, 0) is 15.3 Å². The van der Waals surface area contributed by atoms with Gasteiger partial charge in [0.25, 0.3) is 0 Å². The van der Waals surface area contributed by atoms with Crippen LogP contribution in [0.3, 0.4) is 0 Å². The van der Waals surface area contributed by atoms with Crippen molar-refractivity contribution in [1.82, 2.24) is 0 Å². The van der Waals surface area contributed by atoms with Gasteiger partial charge in [-0.05, 0) is 20.3 Å². The van der Waals surface area contributed by atoms with Crippen LogP contribution in [0.15, 0.2) is 0 Å². The normalized spacial score (nSPS) is 14.0. The molecule has 0 rings (SSSR count). The summed E-state index contributed by atoms with van der Waals surface area (Å²) in [4.78, 5) is 0. The summed E-state index contributed by atoms with van der Waals surface area (Å²) in [5.41, 5.74) is 0. The molecule has 0 aliphatic carbocycles. The molecule has 0 aliphatic rings. The molecule has 1 atom stereocenters. The summed E-state index contributed by atoms with van der Waals surface area (Å²) in [6.45, 7) is 5.86. The fourth-order valence-corrected chi connectivity index (χ4v) is 1.57. The van der Waals surface area contributed by atoms with Gasteiger partial charge in [-0.25, -0.2) is 4.21 Å². The van der Waals surface area contributed by atoms with Gasteiger partial charge in [0.2, 0.25) is 0 Å². The fraction of sp³-hybridized carbons (Fsp3) is 1.00. The molecule has 0 amide bonds. The Morgan fingerprint density at radius 1 is 1.50 bits per heavy atom. The molecule has 0 aliphatic heterocycles. The molecule has 0 spiro atoms. The van der Waals surface area contributed by atoms with E-state index in [2.05, 4.69) is 6.92 Å². The molecule has 3 heteroatoms. The van der Waals surface area contributed by atoms with E-state index in [9.17, 15) is 4.21 Å². The maximum absolute atomic E-state index is 10.9. The van der Waals surface area contributed by atoms with Gasteiger partial charge in [0.1, 0.15) is 0 Å². The van der Waals surface area contributed by atoms with Crippen LogP contribution in [-0.4, -0.2) is 16.1 Å². The fourth-order valence-electron chi connectivity index (χ4n) is 0.525. The second kappa shape index (κ2) is 5.86. The molecule has 0 aromatic heterocycles. The summed E-state index contributed by atoms with van der Waals surface area (Å²) in [6, 6.07) is 0. The lowest BCUT2D eigenvalue weighted by Gasteiger charge is -2.04. The highest BCUT2D eigenvalue weighted by Crippen LogP contribution is 1.97. The molecule has 0 heterocycles. The predicted octanol–water partition coefficient (Wildman–Crippen LogP) is 1.88. The van der Waals surface area contributed by atoms with Crippen LogP contribution >= 0.6 is 0 Å². The second-order valence-corrected chi connectivity index (χ2v) is 3.71. The highest BCUT2D eigenvalue weighted by atomic mass is 32.2. The van der Waals surface area contributed by atoms with Gasteiger partial charge < -0.3 is 0 Å². The van der Waals surface area contributed by atoms with E-state index in [0.29, 0.717) is 5.75 Å². The zero-order valence-electron chi connectivity index (χ0n) is 6.92. The highest BCUT2D eigenvalue weighted by molar-refractivity contribution is 7.80. The highest BCUT2D eigenvalue weighted by Gasteiger charge is 2.00. The second-order valence-electron chi connectivity index (χ2n) is 2.51. The Hall–Kier alpha value is 0.110. The number of hydrogen-bond acceptors (Lipinski definition) is 2. The van der Waals surface area contributed by atoms with Gasteiger partial charge in [0.05, 0.1) is 6.10 Å². The van der Waals surface area contributed by atoms with Crippen molar-refractivity contribution in [2.75, 3.05) is 5.75 Å². The minimum atomic E-state index is -1.05. The van der Waals surface area contributed by atoms with Crippen LogP contribution in [0, 0.1) is 0 Å². The zero-order chi connectivity index (χ0) is 7.98. The van der Waals surface area contributed by atoms with Crippen LogP contribution in [0.4, 0.5) is 0 Å². The van der Waals surface area contributed by atoms with E-state index < -0.39 is 11.1 Å². The first-order chi connectivity index (χ1) is 4.66. The lowest BCUT2D eigenvalue weighted by molar-refractivity contribution is 0.269. The van der Waals surface area contributed by atoms with Gasteiger partial charge >= 0.3 is 0 Å². The van der Waals surface area contributed by atoms with E-state index in [1.54, 1.807) is 0 Å². The van der Waals surface area contributed by atoms with Crippen LogP contribution in [0.2, 0.25) is 0 Å². The lowest BCUT2D eigenvalue weighted by Crippen LogP contribution is -2.08. The molecular formula is C7H16O2S. The SMILES string of the molecule is CCCC[S@](=O)OC(C)C. The zero-order valence-corrected chi connectivity index (χ0v) is 7.74. The molecule has 0 radical (unpaired) electrons. The molecule has 0 aromatic rings. The summed E-state index contributed by atoms with van der Waals surface area (Å²) in [5, 5.41) is 0. The van der Waals surface area contributed by atoms with Crippen LogP contribution in [0.5, 0.6) is 0 Å². The van der Waals surface area contributed by atoms with Gasteiger partial charge in [-0.3, -0.25) is 4.18 Å². The summed E-state index contributed by atoms with van der Waals surface area (Å²) >= 11 is -1.05. The monoisotopic (exact) mass is 164 g/mol. The first kappa shape index (κ1) is 10.1. The van der Waals surface area contributed by atoms with Gasteiger partial charge in [-0.1, -0.05) is 13.3 Å². The first-order valence-electron chi connectivity index (χ1n) is 3.72. The maximum atomic E-state index is 10.9. The van der Waals surface area contributed by atoms with Gasteiger partial charge in [0.15, 0.2) is 11.1 Å². The van der Waals surface area contributed by atoms with Crippen molar-refractivity contribution in [2.24, 2.45) is 0 Å². The van der Waals surface area contributed by atoms with Crippen molar-refractivity contribution in [3.63, 3.8) is 0 Å². The largest absolute Gasteiger partial charge is 0.288 e. The lowest BCUT2D eigenvalue weighted by atomic mass is 10.4. The van der Waals surface area contributed by atoms with Crippen LogP contribution in [0.1, 0.15) is 33.6 Å². The van der Waals surface area contributed by atoms with E-state index in [4.69, 9.17) is 4.18 Å². The van der Waals surface area contributed by atoms with Crippen molar-refractivity contribution in [2.45, 2.75) is 39.7 Å². The Morgan fingerprint density at radius 3 is 2.50 bits per heavy atom. The Morgan fingerprint density at radius 2 is 2.10 bits per heavy atom. The molecule has 0 aromatic carbocycles. The first-order valence-corrected chi connectivity index (χ1v) is 4.96. The minimum absolute atomic E-state index is 0.0812. The smallest absolute Gasteiger partial charge is 0.155 e. The molecule has 0 saturated carbocycles. The van der Waals surface area contributed by atoms with E-state index in [-0.39, 0.29) is 6.10 Å². The molecule has 0 saturated heterocycles. The molecule has 62 valence electrons. The Labute approximate surface area is 65.6 Å². The molecule has 0 unspecified atom stereocenters. The number of hydrogen-bond donors (Lipinski definition) is 0. The summed E-state index contributed by atoms with van der Waals surface area (Å²) in [5.74, 6) is 0.675. The van der Waals surface area contributed by atoms with E-state index in [0.717, 1.165) is 12.8 Å². The van der Waals surface area contributed by atoms with Crippen molar-refractivity contribution >= 4 is 11.1 Å². The quantitative estimate of drug-likeness (QED) is 0.620. The Bertz CT molecular complexity index is 102. The van der Waals surface area contributed by atoms with Crippen molar-refractivity contribution in [3.8, 4) is 0 Å². The third-order valence-corrected chi connectivity index (χ3v) is 2.19. The topological polar surface area (TPSA) is 26.3 Å². The molecule has 2 nitrogen and oxygen atoms in total. The Kier molecular flexibility index (Phi) is 5.93. The maximum Gasteiger partial charge on any atom is 0.155 e. The average Bonchev–Trinajstić information content (AvgIpc) is 1.82. The van der Waals surface area contributed by atoms with Crippen molar-refractivity contribution in [1.29, 1.82) is 0 Å².